The molecule has 0 spiro atoms. The summed E-state index contributed by atoms with van der Waals surface area (Å²) in [6, 6.07) is 4.03. The zero-order chi connectivity index (χ0) is 20.2. The van der Waals surface area contributed by atoms with Crippen molar-refractivity contribution in [2.24, 2.45) is 0 Å². The van der Waals surface area contributed by atoms with E-state index >= 15 is 0 Å². The van der Waals surface area contributed by atoms with Crippen molar-refractivity contribution in [1.29, 1.82) is 4.78 Å². The highest BCUT2D eigenvalue weighted by Crippen LogP contribution is 2.55. The van der Waals surface area contributed by atoms with E-state index in [9.17, 15) is 4.21 Å². The molecule has 4 heterocycles. The third kappa shape index (κ3) is 2.91. The average molecular weight is 413 g/mol. The van der Waals surface area contributed by atoms with Gasteiger partial charge in [0.1, 0.15) is 11.5 Å². The van der Waals surface area contributed by atoms with E-state index in [-0.39, 0.29) is 6.04 Å². The van der Waals surface area contributed by atoms with Gasteiger partial charge in [0.15, 0.2) is 5.82 Å². The predicted molar refractivity (Wildman–Crippen MR) is 112 cm³/mol. The summed E-state index contributed by atoms with van der Waals surface area (Å²) in [5.74, 6) is 1.39. The van der Waals surface area contributed by atoms with Gasteiger partial charge >= 0.3 is 0 Å². The van der Waals surface area contributed by atoms with E-state index in [1.165, 1.54) is 6.26 Å². The van der Waals surface area contributed by atoms with Crippen LogP contribution in [0.2, 0.25) is 0 Å². The molecule has 3 aromatic rings. The van der Waals surface area contributed by atoms with Gasteiger partial charge in [0.2, 0.25) is 0 Å². The van der Waals surface area contributed by atoms with Crippen molar-refractivity contribution in [3.8, 4) is 11.4 Å². The van der Waals surface area contributed by atoms with Crippen LogP contribution < -0.4 is 4.90 Å². The largest absolute Gasteiger partial charge is 0.377 e. The molecule has 0 unspecified atom stereocenters. The number of morpholine rings is 1. The Morgan fingerprint density at radius 1 is 1.34 bits per heavy atom. The number of nitrogens with zero attached hydrogens (tertiary/aromatic N) is 4. The molecule has 5 rings (SSSR count). The van der Waals surface area contributed by atoms with Gasteiger partial charge in [0.05, 0.1) is 33.7 Å². The molecule has 0 aromatic carbocycles. The first-order chi connectivity index (χ1) is 13.9. The molecule has 1 aliphatic carbocycles. The van der Waals surface area contributed by atoms with Crippen LogP contribution in [0, 0.1) is 4.78 Å². The Morgan fingerprint density at radius 3 is 2.90 bits per heavy atom. The van der Waals surface area contributed by atoms with E-state index < -0.39 is 14.5 Å². The average Bonchev–Trinajstić information content (AvgIpc) is 3.39. The fourth-order valence-corrected chi connectivity index (χ4v) is 5.67. The van der Waals surface area contributed by atoms with Gasteiger partial charge in [0.25, 0.3) is 0 Å². The van der Waals surface area contributed by atoms with E-state index in [4.69, 9.17) is 14.5 Å². The number of anilines is 1. The second-order valence-electron chi connectivity index (χ2n) is 7.98. The molecule has 2 atom stereocenters. The smallest absolute Gasteiger partial charge is 0.162 e. The second-order valence-corrected chi connectivity index (χ2v) is 10.5. The number of hydrogen-bond donors (Lipinski definition) is 2. The fourth-order valence-electron chi connectivity index (χ4n) is 4.22. The van der Waals surface area contributed by atoms with Gasteiger partial charge < -0.3 is 14.6 Å². The Bertz CT molecular complexity index is 1180. The third-order valence-electron chi connectivity index (χ3n) is 6.05. The summed E-state index contributed by atoms with van der Waals surface area (Å²) in [5, 5.41) is 0.960. The van der Waals surface area contributed by atoms with Crippen LogP contribution in [0.25, 0.3) is 22.4 Å². The van der Waals surface area contributed by atoms with Crippen LogP contribution in [0.15, 0.2) is 30.7 Å². The Morgan fingerprint density at radius 2 is 2.17 bits per heavy atom. The Kier molecular flexibility index (Phi) is 4.15. The number of aromatic amines is 1. The monoisotopic (exact) mass is 412 g/mol. The van der Waals surface area contributed by atoms with Gasteiger partial charge in [-0.3, -0.25) is 4.78 Å². The summed E-state index contributed by atoms with van der Waals surface area (Å²) in [4.78, 5) is 19.3. The number of rotatable bonds is 4. The maximum Gasteiger partial charge on any atom is 0.162 e. The van der Waals surface area contributed by atoms with Crippen molar-refractivity contribution in [2.75, 3.05) is 30.9 Å². The molecule has 1 saturated heterocycles. The normalized spacial score (nSPS) is 23.1. The van der Waals surface area contributed by atoms with Gasteiger partial charge in [-0.15, -0.1) is 0 Å². The summed E-state index contributed by atoms with van der Waals surface area (Å²) in [6.45, 7) is 4.05. The minimum atomic E-state index is -2.78. The number of pyridine rings is 1. The number of aromatic nitrogens is 4. The van der Waals surface area contributed by atoms with Crippen molar-refractivity contribution in [2.45, 2.75) is 30.6 Å². The molecule has 2 aliphatic rings. The lowest BCUT2D eigenvalue weighted by atomic mass is 10.1. The first-order valence-corrected chi connectivity index (χ1v) is 11.7. The topological polar surface area (TPSA) is 108 Å². The fraction of sp³-hybridized carbons (Fsp3) is 0.450. The zero-order valence-electron chi connectivity index (χ0n) is 16.5. The van der Waals surface area contributed by atoms with E-state index in [1.54, 1.807) is 12.4 Å². The number of H-pyrrole nitrogens is 1. The van der Waals surface area contributed by atoms with E-state index in [1.807, 2.05) is 18.3 Å². The van der Waals surface area contributed by atoms with Crippen LogP contribution in [0.1, 0.15) is 25.3 Å². The van der Waals surface area contributed by atoms with E-state index in [2.05, 4.69) is 26.8 Å². The summed E-state index contributed by atoms with van der Waals surface area (Å²) in [7, 11) is -2.78. The summed E-state index contributed by atoms with van der Waals surface area (Å²) >= 11 is 0. The van der Waals surface area contributed by atoms with E-state index in [0.29, 0.717) is 25.6 Å². The highest BCUT2D eigenvalue weighted by Gasteiger charge is 2.54. The molecule has 0 radical (unpaired) electrons. The van der Waals surface area contributed by atoms with Crippen molar-refractivity contribution in [3.63, 3.8) is 0 Å². The second kappa shape index (κ2) is 6.50. The quantitative estimate of drug-likeness (QED) is 0.682. The van der Waals surface area contributed by atoms with Crippen molar-refractivity contribution >= 4 is 26.6 Å². The third-order valence-corrected chi connectivity index (χ3v) is 8.17. The van der Waals surface area contributed by atoms with Gasteiger partial charge in [0, 0.05) is 47.9 Å². The van der Waals surface area contributed by atoms with Gasteiger partial charge in [-0.1, -0.05) is 0 Å². The maximum atomic E-state index is 12.8. The first-order valence-electron chi connectivity index (χ1n) is 9.78. The first kappa shape index (κ1) is 18.5. The van der Waals surface area contributed by atoms with Crippen molar-refractivity contribution in [1.82, 2.24) is 19.9 Å². The SMILES string of the molecule is C[C@@H]1COCCN1c1nc(-c2ccnc3[nH]ccc23)ncc1C1([S@@](C)(=N)=O)CC1. The van der Waals surface area contributed by atoms with Crippen molar-refractivity contribution < 1.29 is 8.95 Å². The molecule has 2 fully saturated rings. The standard InChI is InChI=1S/C20H24N6O2S/c1-13-12-28-10-9-26(13)19-16(20(5-6-20)29(2,21)27)11-24-18(25-19)15-4-8-23-17-14(15)3-7-22-17/h3-4,7-8,11,13,21H,5-6,9-10,12H2,1-2H3,(H,22,23)/t13-,29+/m1/s1. The molecule has 0 bridgehead atoms. The highest BCUT2D eigenvalue weighted by atomic mass is 32.2. The minimum Gasteiger partial charge on any atom is -0.377 e. The molecule has 8 nitrogen and oxygen atoms in total. The van der Waals surface area contributed by atoms with Crippen LogP contribution in [-0.4, -0.2) is 56.2 Å². The van der Waals surface area contributed by atoms with Gasteiger partial charge in [-0.2, -0.15) is 0 Å². The molecule has 3 aromatic heterocycles. The lowest BCUT2D eigenvalue weighted by Crippen LogP contribution is -2.45. The number of nitrogens with one attached hydrogen (secondary N) is 2. The molecule has 0 amide bonds. The summed E-state index contributed by atoms with van der Waals surface area (Å²) in [6.07, 6.45) is 8.39. The summed E-state index contributed by atoms with van der Waals surface area (Å²) < 4.78 is 26.1. The Labute approximate surface area is 169 Å². The molecule has 2 N–H and O–H groups in total. The molecular weight excluding hydrogens is 388 g/mol. The van der Waals surface area contributed by atoms with Gasteiger partial charge in [-0.25, -0.2) is 19.2 Å². The number of hydrogen-bond acceptors (Lipinski definition) is 7. The van der Waals surface area contributed by atoms with Crippen LogP contribution >= 0.6 is 0 Å². The zero-order valence-corrected chi connectivity index (χ0v) is 17.3. The summed E-state index contributed by atoms with van der Waals surface area (Å²) in [5.41, 5.74) is 2.52. The highest BCUT2D eigenvalue weighted by molar-refractivity contribution is 7.93. The van der Waals surface area contributed by atoms with E-state index in [0.717, 1.165) is 40.8 Å². The molecule has 9 heteroatoms. The Hall–Kier alpha value is -2.52. The minimum absolute atomic E-state index is 0.143. The molecule has 1 aliphatic heterocycles. The number of ether oxygens (including phenoxy) is 1. The van der Waals surface area contributed by atoms with Crippen LogP contribution in [0.3, 0.4) is 0 Å². The molecular formula is C20H24N6O2S. The van der Waals surface area contributed by atoms with Gasteiger partial charge in [-0.05, 0) is 31.9 Å². The molecule has 1 saturated carbocycles. The predicted octanol–water partition coefficient (Wildman–Crippen LogP) is 2.91. The van der Waals surface area contributed by atoms with Crippen LogP contribution in [-0.2, 0) is 19.2 Å². The molecule has 29 heavy (non-hydrogen) atoms. The van der Waals surface area contributed by atoms with Crippen LogP contribution in [0.4, 0.5) is 5.82 Å². The number of fused-ring (bicyclic) bond motifs is 1. The lowest BCUT2D eigenvalue weighted by molar-refractivity contribution is 0.0984. The van der Waals surface area contributed by atoms with Crippen molar-refractivity contribution in [3.05, 3.63) is 36.3 Å². The maximum absolute atomic E-state index is 12.8. The Balaban J connectivity index is 1.71. The lowest BCUT2D eigenvalue weighted by Gasteiger charge is -2.36. The van der Waals surface area contributed by atoms with Crippen LogP contribution in [0.5, 0.6) is 0 Å². The molecule has 152 valence electrons.